The Balaban J connectivity index is 0.00000176. The number of morpholine rings is 1. The summed E-state index contributed by atoms with van der Waals surface area (Å²) in [6.07, 6.45) is 2.06. The van der Waals surface area contributed by atoms with Crippen molar-refractivity contribution in [2.75, 3.05) is 32.8 Å². The van der Waals surface area contributed by atoms with E-state index in [-0.39, 0.29) is 24.0 Å². The first-order valence-electron chi connectivity index (χ1n) is 7.11. The van der Waals surface area contributed by atoms with Crippen LogP contribution in [0.4, 0.5) is 0 Å². The van der Waals surface area contributed by atoms with Crippen LogP contribution in [0.3, 0.4) is 0 Å². The van der Waals surface area contributed by atoms with Crippen LogP contribution in [0.2, 0.25) is 5.02 Å². The van der Waals surface area contributed by atoms with Gasteiger partial charge in [-0.05, 0) is 24.3 Å². The Kier molecular flexibility index (Phi) is 6.34. The maximum Gasteiger partial charge on any atom is 0.191 e. The number of halogens is 2. The molecule has 2 N–H and O–H groups in total. The van der Waals surface area contributed by atoms with Crippen molar-refractivity contribution in [3.8, 4) is 0 Å². The predicted octanol–water partition coefficient (Wildman–Crippen LogP) is 2.56. The first-order valence-corrected chi connectivity index (χ1v) is 7.49. The zero-order valence-corrected chi connectivity index (χ0v) is 15.3. The van der Waals surface area contributed by atoms with E-state index in [4.69, 9.17) is 22.1 Å². The molecule has 1 aliphatic heterocycles. The van der Waals surface area contributed by atoms with Crippen LogP contribution in [0.5, 0.6) is 0 Å². The third-order valence-corrected chi connectivity index (χ3v) is 3.92. The predicted molar refractivity (Wildman–Crippen MR) is 101 cm³/mol. The summed E-state index contributed by atoms with van der Waals surface area (Å²) in [5.74, 6) is 0.609. The molecular weight excluding hydrogens is 415 g/mol. The Morgan fingerprint density at radius 3 is 2.82 bits per heavy atom. The van der Waals surface area contributed by atoms with Crippen LogP contribution in [0, 0.1) is 0 Å². The van der Waals surface area contributed by atoms with E-state index >= 15 is 0 Å². The third-order valence-electron chi connectivity index (χ3n) is 3.68. The highest BCUT2D eigenvalue weighted by molar-refractivity contribution is 14.0. The highest BCUT2D eigenvalue weighted by atomic mass is 127. The first-order chi connectivity index (χ1) is 10.2. The number of fused-ring (bicyclic) bond motifs is 1. The van der Waals surface area contributed by atoms with Crippen molar-refractivity contribution >= 4 is 52.4 Å². The molecule has 0 bridgehead atoms. The lowest BCUT2D eigenvalue weighted by Gasteiger charge is -2.27. The van der Waals surface area contributed by atoms with Gasteiger partial charge in [0.1, 0.15) is 0 Å². The van der Waals surface area contributed by atoms with Gasteiger partial charge in [0.05, 0.1) is 19.8 Å². The Morgan fingerprint density at radius 1 is 1.27 bits per heavy atom. The molecule has 0 atom stereocenters. The molecule has 0 aliphatic carbocycles. The number of ether oxygens (including phenoxy) is 1. The van der Waals surface area contributed by atoms with Crippen LogP contribution in [0.1, 0.15) is 0 Å². The van der Waals surface area contributed by atoms with Crippen molar-refractivity contribution in [1.29, 1.82) is 0 Å². The van der Waals surface area contributed by atoms with Crippen LogP contribution in [-0.2, 0) is 11.3 Å². The summed E-state index contributed by atoms with van der Waals surface area (Å²) in [5.41, 5.74) is 7.18. The summed E-state index contributed by atoms with van der Waals surface area (Å²) in [7, 11) is 0. The van der Waals surface area contributed by atoms with Gasteiger partial charge < -0.3 is 19.9 Å². The summed E-state index contributed by atoms with van der Waals surface area (Å²) in [6.45, 7) is 4.55. The van der Waals surface area contributed by atoms with E-state index in [9.17, 15) is 0 Å². The van der Waals surface area contributed by atoms with Gasteiger partial charge in [0, 0.05) is 41.8 Å². The molecule has 0 amide bonds. The van der Waals surface area contributed by atoms with Gasteiger partial charge in [0.2, 0.25) is 0 Å². The number of benzene rings is 1. The normalized spacial score (nSPS) is 15.9. The molecule has 0 saturated carbocycles. The van der Waals surface area contributed by atoms with E-state index in [2.05, 4.69) is 26.7 Å². The Morgan fingerprint density at radius 2 is 2.05 bits per heavy atom. The molecule has 5 nitrogen and oxygen atoms in total. The van der Waals surface area contributed by atoms with Crippen LogP contribution in [0.25, 0.3) is 10.9 Å². The smallest absolute Gasteiger partial charge is 0.191 e. The molecule has 1 aliphatic rings. The number of aliphatic imine (C=N–C) groups is 1. The molecule has 7 heteroatoms. The molecular formula is C15H20ClIN4O. The summed E-state index contributed by atoms with van der Waals surface area (Å²) >= 11 is 6.00. The van der Waals surface area contributed by atoms with E-state index in [0.29, 0.717) is 12.5 Å². The number of hydrogen-bond donors (Lipinski definition) is 1. The highest BCUT2D eigenvalue weighted by Gasteiger charge is 2.11. The Hall–Kier alpha value is -0.990. The highest BCUT2D eigenvalue weighted by Crippen LogP contribution is 2.20. The number of nitrogens with zero attached hydrogens (tertiary/aromatic N) is 3. The summed E-state index contributed by atoms with van der Waals surface area (Å²) in [6, 6.07) is 7.98. The van der Waals surface area contributed by atoms with Gasteiger partial charge in [-0.25, -0.2) is 0 Å². The van der Waals surface area contributed by atoms with Gasteiger partial charge in [-0.2, -0.15) is 0 Å². The molecule has 1 saturated heterocycles. The average Bonchev–Trinajstić information content (AvgIpc) is 2.90. The van der Waals surface area contributed by atoms with E-state index < -0.39 is 0 Å². The first kappa shape index (κ1) is 17.4. The monoisotopic (exact) mass is 434 g/mol. The fourth-order valence-corrected chi connectivity index (χ4v) is 2.71. The lowest BCUT2D eigenvalue weighted by atomic mass is 10.2. The van der Waals surface area contributed by atoms with Gasteiger partial charge in [-0.15, -0.1) is 24.0 Å². The van der Waals surface area contributed by atoms with Crippen LogP contribution >= 0.6 is 35.6 Å². The number of aromatic nitrogens is 1. The number of guanidine groups is 1. The number of nitrogens with two attached hydrogens (primary N) is 1. The minimum Gasteiger partial charge on any atom is -0.378 e. The summed E-state index contributed by atoms with van der Waals surface area (Å²) < 4.78 is 7.47. The van der Waals surface area contributed by atoms with Crippen molar-refractivity contribution in [3.63, 3.8) is 0 Å². The SMILES string of the molecule is I.NC(=NCCn1ccc2cc(Cl)ccc21)N1CCOCC1. The molecule has 0 unspecified atom stereocenters. The summed E-state index contributed by atoms with van der Waals surface area (Å²) in [4.78, 5) is 6.53. The third kappa shape index (κ3) is 4.05. The maximum absolute atomic E-state index is 6.01. The van der Waals surface area contributed by atoms with E-state index in [1.54, 1.807) is 0 Å². The maximum atomic E-state index is 6.01. The molecule has 1 aromatic carbocycles. The largest absolute Gasteiger partial charge is 0.378 e. The standard InChI is InChI=1S/C15H19ClN4O.HI/c16-13-1-2-14-12(11-13)3-5-19(14)6-4-18-15(17)20-7-9-21-10-8-20;/h1-3,5,11H,4,6-10H2,(H2,17,18);1H. The summed E-state index contributed by atoms with van der Waals surface area (Å²) in [5, 5.41) is 1.91. The van der Waals surface area contributed by atoms with Crippen LogP contribution in [-0.4, -0.2) is 48.3 Å². The quantitative estimate of drug-likeness (QED) is 0.459. The van der Waals surface area contributed by atoms with E-state index in [1.807, 2.05) is 18.2 Å². The molecule has 120 valence electrons. The van der Waals surface area contributed by atoms with Gasteiger partial charge >= 0.3 is 0 Å². The van der Waals surface area contributed by atoms with Crippen molar-refractivity contribution in [3.05, 3.63) is 35.5 Å². The second kappa shape index (κ2) is 8.03. The molecule has 2 aromatic rings. The zero-order chi connectivity index (χ0) is 14.7. The second-order valence-corrected chi connectivity index (χ2v) is 5.49. The topological polar surface area (TPSA) is 55.8 Å². The Bertz CT molecular complexity index is 652. The van der Waals surface area contributed by atoms with Crippen molar-refractivity contribution in [1.82, 2.24) is 9.47 Å². The lowest BCUT2D eigenvalue weighted by molar-refractivity contribution is 0.0674. The molecule has 1 fully saturated rings. The Labute approximate surface area is 152 Å². The molecule has 3 rings (SSSR count). The van der Waals surface area contributed by atoms with Gasteiger partial charge in [-0.1, -0.05) is 11.6 Å². The minimum atomic E-state index is 0. The fraction of sp³-hybridized carbons (Fsp3) is 0.400. The van der Waals surface area contributed by atoms with E-state index in [1.165, 1.54) is 5.52 Å². The van der Waals surface area contributed by atoms with Crippen LogP contribution in [0.15, 0.2) is 35.5 Å². The molecule has 22 heavy (non-hydrogen) atoms. The van der Waals surface area contributed by atoms with Gasteiger partial charge in [0.25, 0.3) is 0 Å². The van der Waals surface area contributed by atoms with Crippen molar-refractivity contribution < 1.29 is 4.74 Å². The number of rotatable bonds is 3. The molecule has 0 radical (unpaired) electrons. The van der Waals surface area contributed by atoms with Crippen LogP contribution < -0.4 is 5.73 Å². The second-order valence-electron chi connectivity index (χ2n) is 5.05. The fourth-order valence-electron chi connectivity index (χ4n) is 2.53. The number of hydrogen-bond acceptors (Lipinski definition) is 2. The van der Waals surface area contributed by atoms with Crippen molar-refractivity contribution in [2.45, 2.75) is 6.54 Å². The van der Waals surface area contributed by atoms with Gasteiger partial charge in [-0.3, -0.25) is 4.99 Å². The lowest BCUT2D eigenvalue weighted by Crippen LogP contribution is -2.44. The molecule has 0 spiro atoms. The zero-order valence-electron chi connectivity index (χ0n) is 12.2. The average molecular weight is 435 g/mol. The minimum absolute atomic E-state index is 0. The van der Waals surface area contributed by atoms with E-state index in [0.717, 1.165) is 43.3 Å². The molecule has 2 heterocycles. The van der Waals surface area contributed by atoms with Gasteiger partial charge in [0.15, 0.2) is 5.96 Å². The van der Waals surface area contributed by atoms with Crippen molar-refractivity contribution in [2.24, 2.45) is 10.7 Å². The molecule has 1 aromatic heterocycles.